The zero-order valence-electron chi connectivity index (χ0n) is 16.5. The van der Waals surface area contributed by atoms with E-state index in [1.807, 2.05) is 24.3 Å². The quantitative estimate of drug-likeness (QED) is 0.394. The van der Waals surface area contributed by atoms with Crippen molar-refractivity contribution in [2.24, 2.45) is 0 Å². The maximum Gasteiger partial charge on any atom is 0.234 e. The molecule has 0 aliphatic heterocycles. The van der Waals surface area contributed by atoms with Crippen LogP contribution in [0.2, 0.25) is 0 Å². The summed E-state index contributed by atoms with van der Waals surface area (Å²) in [6, 6.07) is 9.63. The first-order chi connectivity index (χ1) is 14.1. The molecule has 2 aromatic carbocycles. The minimum atomic E-state index is -0.872. The molecule has 10 heteroatoms. The van der Waals surface area contributed by atoms with Crippen molar-refractivity contribution in [3.8, 4) is 11.4 Å². The monoisotopic (exact) mass is 495 g/mol. The molecule has 3 aromatic rings. The van der Waals surface area contributed by atoms with E-state index in [4.69, 9.17) is 5.84 Å². The molecule has 30 heavy (non-hydrogen) atoms. The van der Waals surface area contributed by atoms with Crippen molar-refractivity contribution < 1.29 is 13.6 Å². The predicted octanol–water partition coefficient (Wildman–Crippen LogP) is 4.73. The highest BCUT2D eigenvalue weighted by atomic mass is 79.9. The number of nitrogens with zero attached hydrogens (tertiary/aromatic N) is 3. The molecule has 3 N–H and O–H groups in total. The van der Waals surface area contributed by atoms with Crippen molar-refractivity contribution in [3.63, 3.8) is 0 Å². The van der Waals surface area contributed by atoms with Gasteiger partial charge in [-0.15, -0.1) is 10.2 Å². The first-order valence-electron chi connectivity index (χ1n) is 8.95. The van der Waals surface area contributed by atoms with Gasteiger partial charge in [-0.05, 0) is 33.0 Å². The number of thioether (sulfide) groups is 1. The van der Waals surface area contributed by atoms with E-state index in [-0.39, 0.29) is 21.3 Å². The van der Waals surface area contributed by atoms with Crippen LogP contribution in [0.3, 0.4) is 0 Å². The molecule has 0 aliphatic rings. The molecular weight excluding hydrogens is 476 g/mol. The molecule has 0 fully saturated rings. The van der Waals surface area contributed by atoms with Gasteiger partial charge in [0.2, 0.25) is 11.1 Å². The van der Waals surface area contributed by atoms with Gasteiger partial charge in [0.15, 0.2) is 11.6 Å². The number of carbonyl (C=O) groups excluding carboxylic acids is 1. The van der Waals surface area contributed by atoms with Crippen molar-refractivity contribution in [2.45, 2.75) is 31.3 Å². The van der Waals surface area contributed by atoms with Crippen molar-refractivity contribution in [1.29, 1.82) is 0 Å². The molecule has 6 nitrogen and oxygen atoms in total. The third-order valence-corrected chi connectivity index (χ3v) is 5.85. The fourth-order valence-electron chi connectivity index (χ4n) is 2.66. The smallest absolute Gasteiger partial charge is 0.234 e. The lowest BCUT2D eigenvalue weighted by Crippen LogP contribution is -2.17. The Labute approximate surface area is 185 Å². The molecule has 0 unspecified atom stereocenters. The lowest BCUT2D eigenvalue weighted by atomic mass is 9.87. The molecule has 0 radical (unpaired) electrons. The number of nitrogens with one attached hydrogen (secondary N) is 1. The number of hydrogen-bond donors (Lipinski definition) is 2. The van der Waals surface area contributed by atoms with E-state index in [9.17, 15) is 13.6 Å². The number of amides is 1. The van der Waals surface area contributed by atoms with Gasteiger partial charge in [0.1, 0.15) is 5.82 Å². The van der Waals surface area contributed by atoms with Crippen LogP contribution >= 0.6 is 27.7 Å². The molecule has 0 atom stereocenters. The van der Waals surface area contributed by atoms with Gasteiger partial charge in [0, 0.05) is 16.1 Å². The Balaban J connectivity index is 1.68. The molecular formula is C20H20BrF2N5OS. The second-order valence-electron chi connectivity index (χ2n) is 7.58. The number of hydrogen-bond acceptors (Lipinski definition) is 5. The normalized spacial score (nSPS) is 11.5. The largest absolute Gasteiger partial charge is 0.335 e. The fourth-order valence-corrected chi connectivity index (χ4v) is 3.82. The molecule has 158 valence electrons. The molecule has 1 heterocycles. The first-order valence-corrected chi connectivity index (χ1v) is 10.7. The van der Waals surface area contributed by atoms with Gasteiger partial charge < -0.3 is 11.2 Å². The minimum Gasteiger partial charge on any atom is -0.335 e. The van der Waals surface area contributed by atoms with Crippen LogP contribution in [0.15, 0.2) is 46.0 Å². The van der Waals surface area contributed by atoms with Gasteiger partial charge in [-0.25, -0.2) is 13.5 Å². The molecule has 0 saturated carbocycles. The zero-order valence-corrected chi connectivity index (χ0v) is 18.9. The van der Waals surface area contributed by atoms with E-state index < -0.39 is 17.5 Å². The molecule has 0 saturated heterocycles. The Hall–Kier alpha value is -2.46. The van der Waals surface area contributed by atoms with Crippen molar-refractivity contribution in [1.82, 2.24) is 14.9 Å². The number of rotatable bonds is 5. The average Bonchev–Trinajstić information content (AvgIpc) is 3.03. The number of benzene rings is 2. The maximum absolute atomic E-state index is 13.9. The fraction of sp³-hybridized carbons (Fsp3) is 0.250. The van der Waals surface area contributed by atoms with Crippen molar-refractivity contribution in [3.05, 3.63) is 58.1 Å². The summed E-state index contributed by atoms with van der Waals surface area (Å²) in [6.07, 6.45) is 0. The van der Waals surface area contributed by atoms with Crippen LogP contribution in [0.4, 0.5) is 14.5 Å². The van der Waals surface area contributed by atoms with E-state index >= 15 is 0 Å². The van der Waals surface area contributed by atoms with Crippen LogP contribution in [0.1, 0.15) is 26.3 Å². The van der Waals surface area contributed by atoms with Gasteiger partial charge in [-0.3, -0.25) is 4.79 Å². The summed E-state index contributed by atoms with van der Waals surface area (Å²) in [4.78, 5) is 12.2. The van der Waals surface area contributed by atoms with Crippen LogP contribution in [0.25, 0.3) is 11.4 Å². The molecule has 0 spiro atoms. The highest BCUT2D eigenvalue weighted by molar-refractivity contribution is 9.10. The lowest BCUT2D eigenvalue weighted by Gasteiger charge is -2.19. The number of halogens is 3. The summed E-state index contributed by atoms with van der Waals surface area (Å²) >= 11 is 4.09. The Kier molecular flexibility index (Phi) is 6.47. The van der Waals surface area contributed by atoms with Crippen LogP contribution in [-0.4, -0.2) is 26.5 Å². The molecule has 1 amide bonds. The van der Waals surface area contributed by atoms with E-state index in [0.717, 1.165) is 23.4 Å². The Bertz CT molecular complexity index is 1060. The van der Waals surface area contributed by atoms with Gasteiger partial charge in [0.05, 0.1) is 11.4 Å². The van der Waals surface area contributed by atoms with E-state index in [2.05, 4.69) is 52.2 Å². The van der Waals surface area contributed by atoms with Crippen LogP contribution in [0.5, 0.6) is 0 Å². The Morgan fingerprint density at radius 1 is 1.20 bits per heavy atom. The lowest BCUT2D eigenvalue weighted by molar-refractivity contribution is -0.113. The third kappa shape index (κ3) is 4.99. The van der Waals surface area contributed by atoms with Gasteiger partial charge in [-0.2, -0.15) is 0 Å². The predicted molar refractivity (Wildman–Crippen MR) is 118 cm³/mol. The second kappa shape index (κ2) is 8.73. The number of carbonyl (C=O) groups is 1. The summed E-state index contributed by atoms with van der Waals surface area (Å²) in [6.45, 7) is 6.39. The number of aromatic nitrogens is 3. The summed E-state index contributed by atoms with van der Waals surface area (Å²) in [5.74, 6) is 4.36. The van der Waals surface area contributed by atoms with Crippen LogP contribution in [-0.2, 0) is 10.2 Å². The summed E-state index contributed by atoms with van der Waals surface area (Å²) in [7, 11) is 0. The summed E-state index contributed by atoms with van der Waals surface area (Å²) in [5.41, 5.74) is 1.88. The highest BCUT2D eigenvalue weighted by Gasteiger charge is 2.18. The second-order valence-corrected chi connectivity index (χ2v) is 9.38. The topological polar surface area (TPSA) is 85.8 Å². The molecule has 0 bridgehead atoms. The van der Waals surface area contributed by atoms with E-state index in [0.29, 0.717) is 17.0 Å². The highest BCUT2D eigenvalue weighted by Crippen LogP contribution is 2.28. The standard InChI is InChI=1S/C20H20BrF2N5OS/c1-20(2,3)12-6-4-11(5-7-12)18-26-27-19(28(18)24)30-10-16(29)25-17-14(21)8-13(22)9-15(17)23/h4-9H,10,24H2,1-3H3,(H,25,29). The number of nitrogen functional groups attached to an aromatic ring is 1. The van der Waals surface area contributed by atoms with Gasteiger partial charge >= 0.3 is 0 Å². The van der Waals surface area contributed by atoms with Gasteiger partial charge in [-0.1, -0.05) is 56.8 Å². The maximum atomic E-state index is 13.9. The van der Waals surface area contributed by atoms with Crippen LogP contribution in [0, 0.1) is 11.6 Å². The Morgan fingerprint density at radius 2 is 1.87 bits per heavy atom. The molecule has 1 aromatic heterocycles. The average molecular weight is 496 g/mol. The van der Waals surface area contributed by atoms with E-state index in [1.54, 1.807) is 0 Å². The third-order valence-electron chi connectivity index (χ3n) is 4.28. The SMILES string of the molecule is CC(C)(C)c1ccc(-c2nnc(SCC(=O)Nc3c(F)cc(F)cc3Br)n2N)cc1. The Morgan fingerprint density at radius 3 is 2.47 bits per heavy atom. The first kappa shape index (κ1) is 22.2. The van der Waals surface area contributed by atoms with Crippen LogP contribution < -0.4 is 11.2 Å². The van der Waals surface area contributed by atoms with Gasteiger partial charge in [0.25, 0.3) is 0 Å². The van der Waals surface area contributed by atoms with E-state index in [1.165, 1.54) is 10.2 Å². The number of anilines is 1. The summed E-state index contributed by atoms with van der Waals surface area (Å²) < 4.78 is 28.4. The number of nitrogens with two attached hydrogens (primary N) is 1. The summed E-state index contributed by atoms with van der Waals surface area (Å²) in [5, 5.41) is 10.9. The molecule has 3 rings (SSSR count). The van der Waals surface area contributed by atoms with Crippen molar-refractivity contribution in [2.75, 3.05) is 16.9 Å². The molecule has 0 aliphatic carbocycles. The zero-order chi connectivity index (χ0) is 22.1. The minimum absolute atomic E-state index is 0.0300. The van der Waals surface area contributed by atoms with Crippen molar-refractivity contribution >= 4 is 39.3 Å².